The molecule has 0 aliphatic carbocycles. The summed E-state index contributed by atoms with van der Waals surface area (Å²) < 4.78 is 4.53. The topological polar surface area (TPSA) is 144 Å². The number of benzene rings is 1. The van der Waals surface area contributed by atoms with Gasteiger partial charge in [-0.25, -0.2) is 4.98 Å². The van der Waals surface area contributed by atoms with Crippen LogP contribution in [0, 0.1) is 24.0 Å². The number of nitro groups is 1. The van der Waals surface area contributed by atoms with Crippen LogP contribution in [-0.2, 0) is 20.7 Å². The number of H-pyrrole nitrogens is 1. The van der Waals surface area contributed by atoms with Crippen LogP contribution in [0.2, 0.25) is 0 Å². The number of aromatic nitrogens is 2. The Labute approximate surface area is 163 Å². The molecule has 1 aromatic carbocycles. The largest absolute Gasteiger partial charge is 0.469 e. The summed E-state index contributed by atoms with van der Waals surface area (Å²) >= 11 is 0.932. The fourth-order valence-corrected chi connectivity index (χ4v) is 2.93. The normalized spacial score (nSPS) is 10.4. The van der Waals surface area contributed by atoms with E-state index >= 15 is 0 Å². The standard InChI is InChI=1S/C17H18N4O6S/c1-9-4-12(13(21(25)26)5-10(9)2)19-15(23)8-28-17-18-11(6-14(22)20-17)7-16(24)27-3/h4-6H,7-8H2,1-3H3,(H,19,23)(H,18,20,22). The van der Waals surface area contributed by atoms with Gasteiger partial charge in [0.25, 0.3) is 11.2 Å². The first-order valence-corrected chi connectivity index (χ1v) is 9.03. The molecule has 0 aliphatic rings. The van der Waals surface area contributed by atoms with Crippen LogP contribution in [0.3, 0.4) is 0 Å². The molecule has 0 saturated heterocycles. The fourth-order valence-electron chi connectivity index (χ4n) is 2.23. The number of methoxy groups -OCH3 is 1. The molecule has 0 fully saturated rings. The first kappa shape index (κ1) is 21.1. The van der Waals surface area contributed by atoms with Crippen LogP contribution in [0.15, 0.2) is 28.2 Å². The Bertz CT molecular complexity index is 988. The Morgan fingerprint density at radius 3 is 2.61 bits per heavy atom. The molecule has 2 N–H and O–H groups in total. The van der Waals surface area contributed by atoms with E-state index in [0.717, 1.165) is 22.9 Å². The van der Waals surface area contributed by atoms with E-state index in [-0.39, 0.29) is 34.4 Å². The molecule has 0 unspecified atom stereocenters. The van der Waals surface area contributed by atoms with Crippen LogP contribution in [0.4, 0.5) is 11.4 Å². The molecule has 1 aromatic heterocycles. The summed E-state index contributed by atoms with van der Waals surface area (Å²) in [5.74, 6) is -1.19. The summed E-state index contributed by atoms with van der Waals surface area (Å²) in [6.07, 6.45) is -0.172. The maximum absolute atomic E-state index is 12.2. The number of aromatic amines is 1. The van der Waals surface area contributed by atoms with Gasteiger partial charge in [0.1, 0.15) is 5.69 Å². The third-order valence-electron chi connectivity index (χ3n) is 3.75. The van der Waals surface area contributed by atoms with E-state index in [4.69, 9.17) is 0 Å². The highest BCUT2D eigenvalue weighted by molar-refractivity contribution is 7.99. The first-order valence-electron chi connectivity index (χ1n) is 8.05. The van der Waals surface area contributed by atoms with Crippen LogP contribution in [-0.4, -0.2) is 39.6 Å². The van der Waals surface area contributed by atoms with Crippen molar-refractivity contribution in [2.75, 3.05) is 18.2 Å². The maximum Gasteiger partial charge on any atom is 0.311 e. The van der Waals surface area contributed by atoms with Crippen LogP contribution < -0.4 is 10.9 Å². The summed E-state index contributed by atoms with van der Waals surface area (Å²) in [5.41, 5.74) is 1.18. The molecule has 1 heterocycles. The minimum atomic E-state index is -0.565. The van der Waals surface area contributed by atoms with Crippen molar-refractivity contribution in [3.8, 4) is 0 Å². The molecule has 10 nitrogen and oxygen atoms in total. The van der Waals surface area contributed by atoms with Crippen molar-refractivity contribution in [1.82, 2.24) is 9.97 Å². The average Bonchev–Trinajstić information content (AvgIpc) is 2.62. The number of amides is 1. The van der Waals surface area contributed by atoms with Gasteiger partial charge in [0.15, 0.2) is 5.16 Å². The molecule has 0 spiro atoms. The number of esters is 1. The van der Waals surface area contributed by atoms with E-state index in [1.54, 1.807) is 13.8 Å². The Kier molecular flexibility index (Phi) is 6.88. The van der Waals surface area contributed by atoms with Gasteiger partial charge in [-0.15, -0.1) is 0 Å². The number of ether oxygens (including phenoxy) is 1. The van der Waals surface area contributed by atoms with E-state index in [1.165, 1.54) is 25.3 Å². The first-order chi connectivity index (χ1) is 13.2. The molecular formula is C17H18N4O6S. The Morgan fingerprint density at radius 1 is 1.29 bits per heavy atom. The molecule has 2 aromatic rings. The van der Waals surface area contributed by atoms with Crippen LogP contribution in [0.1, 0.15) is 16.8 Å². The van der Waals surface area contributed by atoms with Gasteiger partial charge in [0.05, 0.1) is 29.9 Å². The predicted octanol–water partition coefficient (Wildman–Crippen LogP) is 1.74. The zero-order valence-corrected chi connectivity index (χ0v) is 16.2. The number of carbonyl (C=O) groups excluding carboxylic acids is 2. The van der Waals surface area contributed by atoms with Crippen molar-refractivity contribution in [3.63, 3.8) is 0 Å². The number of rotatable bonds is 7. The molecule has 0 saturated carbocycles. The number of anilines is 1. The molecule has 148 valence electrons. The summed E-state index contributed by atoms with van der Waals surface area (Å²) in [5, 5.41) is 13.9. The third-order valence-corrected chi connectivity index (χ3v) is 4.62. The minimum absolute atomic E-state index is 0.0968. The fraction of sp³-hybridized carbons (Fsp3) is 0.294. The highest BCUT2D eigenvalue weighted by atomic mass is 32.2. The maximum atomic E-state index is 12.2. The second-order valence-electron chi connectivity index (χ2n) is 5.84. The number of nitro benzene ring substituents is 1. The number of nitrogens with zero attached hydrogens (tertiary/aromatic N) is 2. The average molecular weight is 406 g/mol. The SMILES string of the molecule is COC(=O)Cc1cc(=O)[nH]c(SCC(=O)Nc2cc(C)c(C)cc2[N+](=O)[O-])n1. The molecule has 28 heavy (non-hydrogen) atoms. The van der Waals surface area contributed by atoms with Crippen LogP contribution in [0.25, 0.3) is 0 Å². The monoisotopic (exact) mass is 406 g/mol. The van der Waals surface area contributed by atoms with E-state index < -0.39 is 22.4 Å². The summed E-state index contributed by atoms with van der Waals surface area (Å²) in [7, 11) is 1.22. The molecule has 0 radical (unpaired) electrons. The van der Waals surface area contributed by atoms with Crippen molar-refractivity contribution in [2.24, 2.45) is 0 Å². The number of hydrogen-bond donors (Lipinski definition) is 2. The minimum Gasteiger partial charge on any atom is -0.469 e. The van der Waals surface area contributed by atoms with Gasteiger partial charge in [0, 0.05) is 12.1 Å². The Balaban J connectivity index is 2.09. The molecular weight excluding hydrogens is 388 g/mol. The lowest BCUT2D eigenvalue weighted by Gasteiger charge is -2.09. The van der Waals surface area contributed by atoms with Gasteiger partial charge in [-0.2, -0.15) is 0 Å². The highest BCUT2D eigenvalue weighted by Crippen LogP contribution is 2.28. The van der Waals surface area contributed by atoms with Crippen molar-refractivity contribution < 1.29 is 19.2 Å². The van der Waals surface area contributed by atoms with Gasteiger partial charge >= 0.3 is 5.97 Å². The third kappa shape index (κ3) is 5.64. The van der Waals surface area contributed by atoms with Crippen molar-refractivity contribution in [1.29, 1.82) is 0 Å². The predicted molar refractivity (Wildman–Crippen MR) is 103 cm³/mol. The summed E-state index contributed by atoms with van der Waals surface area (Å²) in [6, 6.07) is 4.10. The molecule has 0 aliphatic heterocycles. The smallest absolute Gasteiger partial charge is 0.311 e. The number of thioether (sulfide) groups is 1. The van der Waals surface area contributed by atoms with Gasteiger partial charge in [0.2, 0.25) is 5.91 Å². The summed E-state index contributed by atoms with van der Waals surface area (Å²) in [4.78, 5) is 52.4. The quantitative estimate of drug-likeness (QED) is 0.233. The Hall–Kier alpha value is -3.21. The Morgan fingerprint density at radius 2 is 1.96 bits per heavy atom. The van der Waals surface area contributed by atoms with Crippen molar-refractivity contribution >= 4 is 35.0 Å². The number of carbonyl (C=O) groups is 2. The van der Waals surface area contributed by atoms with E-state index in [0.29, 0.717) is 0 Å². The van der Waals surface area contributed by atoms with Crippen molar-refractivity contribution in [2.45, 2.75) is 25.4 Å². The second-order valence-corrected chi connectivity index (χ2v) is 6.81. The van der Waals surface area contributed by atoms with Gasteiger partial charge < -0.3 is 15.0 Å². The van der Waals surface area contributed by atoms with Gasteiger partial charge in [-0.05, 0) is 31.0 Å². The number of aryl methyl sites for hydroxylation is 2. The molecule has 0 bridgehead atoms. The zero-order chi connectivity index (χ0) is 20.8. The molecule has 11 heteroatoms. The van der Waals surface area contributed by atoms with Crippen LogP contribution in [0.5, 0.6) is 0 Å². The van der Waals surface area contributed by atoms with Crippen molar-refractivity contribution in [3.05, 3.63) is 55.5 Å². The summed E-state index contributed by atoms with van der Waals surface area (Å²) in [6.45, 7) is 3.53. The zero-order valence-electron chi connectivity index (χ0n) is 15.4. The lowest BCUT2D eigenvalue weighted by molar-refractivity contribution is -0.384. The van der Waals surface area contributed by atoms with Gasteiger partial charge in [-0.1, -0.05) is 11.8 Å². The number of nitrogens with one attached hydrogen (secondary N) is 2. The molecule has 2 rings (SSSR count). The number of hydrogen-bond acceptors (Lipinski definition) is 8. The molecule has 0 atom stereocenters. The van der Waals surface area contributed by atoms with E-state index in [2.05, 4.69) is 20.0 Å². The van der Waals surface area contributed by atoms with Gasteiger partial charge in [-0.3, -0.25) is 24.5 Å². The lowest BCUT2D eigenvalue weighted by atomic mass is 10.1. The molecule has 1 amide bonds. The van der Waals surface area contributed by atoms with Crippen LogP contribution >= 0.6 is 11.8 Å². The van der Waals surface area contributed by atoms with E-state index in [9.17, 15) is 24.5 Å². The van der Waals surface area contributed by atoms with E-state index in [1.807, 2.05) is 0 Å². The second kappa shape index (κ2) is 9.13. The highest BCUT2D eigenvalue weighted by Gasteiger charge is 2.18. The lowest BCUT2D eigenvalue weighted by Crippen LogP contribution is -2.17.